The van der Waals surface area contributed by atoms with Gasteiger partial charge in [0.1, 0.15) is 0 Å². The van der Waals surface area contributed by atoms with Crippen LogP contribution in [-0.4, -0.2) is 54.7 Å². The number of carboxylic acids is 1. The van der Waals surface area contributed by atoms with Gasteiger partial charge in [0.25, 0.3) is 0 Å². The third kappa shape index (κ3) is 6.75. The summed E-state index contributed by atoms with van der Waals surface area (Å²) in [7, 11) is 0. The lowest BCUT2D eigenvalue weighted by Crippen LogP contribution is -2.42. The van der Waals surface area contributed by atoms with Gasteiger partial charge in [-0.05, 0) is 31.2 Å². The van der Waals surface area contributed by atoms with Crippen molar-refractivity contribution in [2.75, 3.05) is 32.7 Å². The van der Waals surface area contributed by atoms with Gasteiger partial charge in [-0.1, -0.05) is 13.8 Å². The van der Waals surface area contributed by atoms with Gasteiger partial charge in [-0.25, -0.2) is 4.79 Å². The minimum absolute atomic E-state index is 0.0114. The van der Waals surface area contributed by atoms with Crippen molar-refractivity contribution in [2.24, 2.45) is 5.41 Å². The summed E-state index contributed by atoms with van der Waals surface area (Å²) >= 11 is 0. The first-order valence-corrected chi connectivity index (χ1v) is 7.36. The summed E-state index contributed by atoms with van der Waals surface area (Å²) in [6.07, 6.45) is 2.58. The first kappa shape index (κ1) is 16.8. The highest BCUT2D eigenvalue weighted by atomic mass is 16.4. The maximum absolute atomic E-state index is 12.0. The molecular formula is C14H27N3O3. The largest absolute Gasteiger partial charge is 0.481 e. The van der Waals surface area contributed by atoms with E-state index in [1.54, 1.807) is 0 Å². The number of carbonyl (C=O) groups excluding carboxylic acids is 1. The molecular weight excluding hydrogens is 258 g/mol. The molecule has 1 rings (SSSR count). The normalized spacial score (nSPS) is 16.6. The summed E-state index contributed by atoms with van der Waals surface area (Å²) < 4.78 is 0. The Morgan fingerprint density at radius 1 is 1.25 bits per heavy atom. The van der Waals surface area contributed by atoms with Crippen molar-refractivity contribution in [3.63, 3.8) is 0 Å². The van der Waals surface area contributed by atoms with Gasteiger partial charge in [0.05, 0.1) is 0 Å². The topological polar surface area (TPSA) is 81.7 Å². The van der Waals surface area contributed by atoms with E-state index in [0.29, 0.717) is 13.0 Å². The SMILES string of the molecule is CC(C)(CCNC(=O)N1CCCNCC1)CCC(=O)O. The number of nitrogens with one attached hydrogen (secondary N) is 2. The van der Waals surface area contributed by atoms with E-state index in [1.807, 2.05) is 18.7 Å². The van der Waals surface area contributed by atoms with E-state index in [2.05, 4.69) is 10.6 Å². The number of rotatable bonds is 6. The van der Waals surface area contributed by atoms with Gasteiger partial charge in [0, 0.05) is 32.6 Å². The monoisotopic (exact) mass is 285 g/mol. The van der Waals surface area contributed by atoms with Crippen LogP contribution in [-0.2, 0) is 4.79 Å². The predicted octanol–water partition coefficient (Wildman–Crippen LogP) is 1.27. The molecule has 1 saturated heterocycles. The lowest BCUT2D eigenvalue weighted by atomic mass is 9.84. The molecule has 0 aromatic carbocycles. The Kier molecular flexibility index (Phi) is 6.78. The van der Waals surface area contributed by atoms with Crippen LogP contribution in [0.15, 0.2) is 0 Å². The third-order valence-electron chi connectivity index (χ3n) is 3.72. The maximum Gasteiger partial charge on any atom is 0.317 e. The molecule has 0 saturated carbocycles. The molecule has 1 heterocycles. The summed E-state index contributed by atoms with van der Waals surface area (Å²) in [5.41, 5.74) is -0.0635. The Bertz CT molecular complexity index is 324. The smallest absolute Gasteiger partial charge is 0.317 e. The van der Waals surface area contributed by atoms with Gasteiger partial charge >= 0.3 is 12.0 Å². The fourth-order valence-corrected chi connectivity index (χ4v) is 2.24. The molecule has 1 fully saturated rings. The van der Waals surface area contributed by atoms with Crippen molar-refractivity contribution in [1.29, 1.82) is 0 Å². The van der Waals surface area contributed by atoms with E-state index in [9.17, 15) is 9.59 Å². The second-order valence-corrected chi connectivity index (χ2v) is 6.13. The Balaban J connectivity index is 2.24. The predicted molar refractivity (Wildman–Crippen MR) is 77.7 cm³/mol. The number of carboxylic acid groups (broad SMARTS) is 1. The average molecular weight is 285 g/mol. The lowest BCUT2D eigenvalue weighted by molar-refractivity contribution is -0.137. The van der Waals surface area contributed by atoms with Crippen molar-refractivity contribution in [1.82, 2.24) is 15.5 Å². The van der Waals surface area contributed by atoms with E-state index >= 15 is 0 Å². The first-order chi connectivity index (χ1) is 9.41. The summed E-state index contributed by atoms with van der Waals surface area (Å²) in [4.78, 5) is 24.4. The molecule has 0 atom stereocenters. The fourth-order valence-electron chi connectivity index (χ4n) is 2.24. The number of urea groups is 1. The van der Waals surface area contributed by atoms with Crippen LogP contribution in [0.25, 0.3) is 0 Å². The highest BCUT2D eigenvalue weighted by molar-refractivity contribution is 5.74. The highest BCUT2D eigenvalue weighted by Crippen LogP contribution is 2.25. The lowest BCUT2D eigenvalue weighted by Gasteiger charge is -2.25. The van der Waals surface area contributed by atoms with Crippen LogP contribution in [0.1, 0.15) is 39.5 Å². The quantitative estimate of drug-likeness (QED) is 0.686. The Morgan fingerprint density at radius 2 is 2.00 bits per heavy atom. The molecule has 1 aliphatic heterocycles. The van der Waals surface area contributed by atoms with Gasteiger partial charge in [0.2, 0.25) is 0 Å². The standard InChI is InChI=1S/C14H27N3O3/c1-14(2,5-4-12(18)19)6-8-16-13(20)17-10-3-7-15-9-11-17/h15H,3-11H2,1-2H3,(H,16,20)(H,18,19). The van der Waals surface area contributed by atoms with Crippen LogP contribution in [0, 0.1) is 5.41 Å². The molecule has 0 aromatic rings. The van der Waals surface area contributed by atoms with Crippen molar-refractivity contribution < 1.29 is 14.7 Å². The van der Waals surface area contributed by atoms with Gasteiger partial charge in [0.15, 0.2) is 0 Å². The van der Waals surface area contributed by atoms with Crippen LogP contribution < -0.4 is 10.6 Å². The molecule has 2 amide bonds. The molecule has 116 valence electrons. The van der Waals surface area contributed by atoms with Gasteiger partial charge in [-0.2, -0.15) is 0 Å². The molecule has 0 radical (unpaired) electrons. The van der Waals surface area contributed by atoms with Gasteiger partial charge in [-0.15, -0.1) is 0 Å². The van der Waals surface area contributed by atoms with Crippen LogP contribution in [0.3, 0.4) is 0 Å². The van der Waals surface area contributed by atoms with Crippen molar-refractivity contribution in [3.05, 3.63) is 0 Å². The van der Waals surface area contributed by atoms with Crippen molar-refractivity contribution in [2.45, 2.75) is 39.5 Å². The van der Waals surface area contributed by atoms with E-state index in [1.165, 1.54) is 0 Å². The molecule has 6 nitrogen and oxygen atoms in total. The van der Waals surface area contributed by atoms with Crippen LogP contribution in [0.4, 0.5) is 4.79 Å². The van der Waals surface area contributed by atoms with E-state index in [4.69, 9.17) is 5.11 Å². The van der Waals surface area contributed by atoms with Crippen LogP contribution >= 0.6 is 0 Å². The zero-order chi connectivity index (χ0) is 15.0. The summed E-state index contributed by atoms with van der Waals surface area (Å²) in [6.45, 7) is 8.02. The molecule has 20 heavy (non-hydrogen) atoms. The number of nitrogens with zero attached hydrogens (tertiary/aromatic N) is 1. The molecule has 0 aromatic heterocycles. The minimum atomic E-state index is -0.765. The average Bonchev–Trinajstić information content (AvgIpc) is 2.65. The van der Waals surface area contributed by atoms with Crippen LogP contribution in [0.5, 0.6) is 0 Å². The summed E-state index contributed by atoms with van der Waals surface area (Å²) in [5, 5.41) is 14.9. The van der Waals surface area contributed by atoms with E-state index in [0.717, 1.165) is 39.0 Å². The molecule has 0 spiro atoms. The maximum atomic E-state index is 12.0. The molecule has 0 aliphatic carbocycles. The third-order valence-corrected chi connectivity index (χ3v) is 3.72. The van der Waals surface area contributed by atoms with Crippen molar-refractivity contribution >= 4 is 12.0 Å². The Labute approximate surface area is 120 Å². The number of aliphatic carboxylic acids is 1. The highest BCUT2D eigenvalue weighted by Gasteiger charge is 2.20. The molecule has 1 aliphatic rings. The van der Waals surface area contributed by atoms with Crippen molar-refractivity contribution in [3.8, 4) is 0 Å². The number of hydrogen-bond donors (Lipinski definition) is 3. The van der Waals surface area contributed by atoms with Gasteiger partial charge in [-0.3, -0.25) is 4.79 Å². The van der Waals surface area contributed by atoms with Crippen LogP contribution in [0.2, 0.25) is 0 Å². The number of carbonyl (C=O) groups is 2. The molecule has 0 unspecified atom stereocenters. The number of amides is 2. The Morgan fingerprint density at radius 3 is 2.70 bits per heavy atom. The zero-order valence-corrected chi connectivity index (χ0v) is 12.6. The first-order valence-electron chi connectivity index (χ1n) is 7.36. The summed E-state index contributed by atoms with van der Waals surface area (Å²) in [5.74, 6) is -0.765. The minimum Gasteiger partial charge on any atom is -0.481 e. The fraction of sp³-hybridized carbons (Fsp3) is 0.857. The molecule has 0 bridgehead atoms. The second kappa shape index (κ2) is 8.09. The summed E-state index contributed by atoms with van der Waals surface area (Å²) in [6, 6.07) is -0.0114. The number of hydrogen-bond acceptors (Lipinski definition) is 3. The zero-order valence-electron chi connectivity index (χ0n) is 12.6. The molecule has 6 heteroatoms. The van der Waals surface area contributed by atoms with E-state index < -0.39 is 5.97 Å². The Hall–Kier alpha value is -1.30. The van der Waals surface area contributed by atoms with Gasteiger partial charge < -0.3 is 20.6 Å². The molecule has 3 N–H and O–H groups in total. The second-order valence-electron chi connectivity index (χ2n) is 6.13. The van der Waals surface area contributed by atoms with E-state index in [-0.39, 0.29) is 17.9 Å².